The predicted molar refractivity (Wildman–Crippen MR) is 91.3 cm³/mol. The van der Waals surface area contributed by atoms with Gasteiger partial charge in [-0.15, -0.1) is 0 Å². The van der Waals surface area contributed by atoms with Gasteiger partial charge in [0.15, 0.2) is 5.82 Å². The van der Waals surface area contributed by atoms with E-state index < -0.39 is 16.1 Å². The summed E-state index contributed by atoms with van der Waals surface area (Å²) in [6.45, 7) is 3.91. The summed E-state index contributed by atoms with van der Waals surface area (Å²) in [5.74, 6) is 1.52. The first-order valence-corrected chi connectivity index (χ1v) is 9.97. The van der Waals surface area contributed by atoms with Crippen LogP contribution < -0.4 is 4.74 Å². The first kappa shape index (κ1) is 17.4. The maximum atomic E-state index is 13.3. The number of benzene rings is 1. The van der Waals surface area contributed by atoms with Crippen molar-refractivity contribution < 1.29 is 22.4 Å². The molecule has 0 amide bonds. The van der Waals surface area contributed by atoms with Gasteiger partial charge in [-0.05, 0) is 37.6 Å². The summed E-state index contributed by atoms with van der Waals surface area (Å²) in [6.07, 6.45) is 1.01. The quantitative estimate of drug-likeness (QED) is 0.800. The van der Waals surface area contributed by atoms with Gasteiger partial charge in [-0.25, -0.2) is 8.42 Å². The number of aromatic nitrogens is 2. The number of rotatable bonds is 4. The molecule has 0 N–H and O–H groups in total. The highest BCUT2D eigenvalue weighted by molar-refractivity contribution is 7.89. The molecule has 0 aliphatic carbocycles. The van der Waals surface area contributed by atoms with Crippen LogP contribution in [-0.2, 0) is 21.2 Å². The Balaban J connectivity index is 1.70. The number of hydrogen-bond acceptors (Lipinski definition) is 7. The van der Waals surface area contributed by atoms with E-state index >= 15 is 0 Å². The predicted octanol–water partition coefficient (Wildman–Crippen LogP) is 1.85. The van der Waals surface area contributed by atoms with Crippen molar-refractivity contribution in [1.29, 1.82) is 0 Å². The van der Waals surface area contributed by atoms with E-state index in [-0.39, 0.29) is 23.6 Å². The van der Waals surface area contributed by atoms with Gasteiger partial charge in [-0.3, -0.25) is 0 Å². The summed E-state index contributed by atoms with van der Waals surface area (Å²) in [5.41, 5.74) is 0.909. The minimum Gasteiger partial charge on any atom is -0.490 e. The Morgan fingerprint density at radius 1 is 1.35 bits per heavy atom. The second-order valence-electron chi connectivity index (χ2n) is 6.77. The lowest BCUT2D eigenvalue weighted by Gasteiger charge is -2.21. The van der Waals surface area contributed by atoms with Crippen molar-refractivity contribution in [3.63, 3.8) is 0 Å². The normalized spacial score (nSPS) is 26.0. The third-order valence-electron chi connectivity index (χ3n) is 4.85. The molecule has 0 bridgehead atoms. The minimum absolute atomic E-state index is 0.0572. The molecule has 0 spiro atoms. The summed E-state index contributed by atoms with van der Waals surface area (Å²) >= 11 is 0. The fourth-order valence-corrected chi connectivity index (χ4v) is 5.25. The smallest absolute Gasteiger partial charge is 0.245 e. The van der Waals surface area contributed by atoms with Crippen LogP contribution >= 0.6 is 0 Å². The lowest BCUT2D eigenvalue weighted by Crippen LogP contribution is -2.32. The maximum absolute atomic E-state index is 13.3. The Morgan fingerprint density at radius 2 is 2.15 bits per heavy atom. The average Bonchev–Trinajstić information content (AvgIpc) is 3.30. The van der Waals surface area contributed by atoms with Gasteiger partial charge >= 0.3 is 0 Å². The van der Waals surface area contributed by atoms with Gasteiger partial charge in [-0.1, -0.05) is 5.16 Å². The van der Waals surface area contributed by atoms with Crippen molar-refractivity contribution in [3.05, 3.63) is 35.5 Å². The van der Waals surface area contributed by atoms with Gasteiger partial charge in [0, 0.05) is 26.5 Å². The topological polar surface area (TPSA) is 94.8 Å². The number of aryl methyl sites for hydroxylation is 1. The SMILES string of the molecule is CO[C@H]1C[C@H](c2nc(C)no2)N(S(=O)(=O)c2ccc3c(c2)C[C@@H](C)O3)C1. The molecule has 0 unspecified atom stereocenters. The number of nitrogens with zero attached hydrogens (tertiary/aromatic N) is 3. The zero-order valence-electron chi connectivity index (χ0n) is 14.9. The monoisotopic (exact) mass is 379 g/mol. The molecular formula is C17H21N3O5S. The van der Waals surface area contributed by atoms with Gasteiger partial charge in [0.25, 0.3) is 0 Å². The summed E-state index contributed by atoms with van der Waals surface area (Å²) in [7, 11) is -2.16. The van der Waals surface area contributed by atoms with E-state index in [1.165, 1.54) is 4.31 Å². The van der Waals surface area contributed by atoms with E-state index in [4.69, 9.17) is 14.0 Å². The summed E-state index contributed by atoms with van der Waals surface area (Å²) in [5, 5.41) is 3.79. The molecule has 3 atom stereocenters. The fourth-order valence-electron chi connectivity index (χ4n) is 3.57. The molecule has 0 radical (unpaired) electrons. The van der Waals surface area contributed by atoms with Crippen LogP contribution in [0.25, 0.3) is 0 Å². The molecule has 140 valence electrons. The highest BCUT2D eigenvalue weighted by Gasteiger charge is 2.44. The van der Waals surface area contributed by atoms with Crippen LogP contribution in [-0.4, -0.2) is 48.7 Å². The minimum atomic E-state index is -3.74. The number of hydrogen-bond donors (Lipinski definition) is 0. The highest BCUT2D eigenvalue weighted by Crippen LogP contribution is 2.38. The third-order valence-corrected chi connectivity index (χ3v) is 6.72. The molecule has 8 nitrogen and oxygen atoms in total. The Labute approximate surface area is 152 Å². The number of fused-ring (bicyclic) bond motifs is 1. The van der Waals surface area contributed by atoms with Gasteiger partial charge in [-0.2, -0.15) is 9.29 Å². The van der Waals surface area contributed by atoms with Gasteiger partial charge in [0.2, 0.25) is 15.9 Å². The van der Waals surface area contributed by atoms with E-state index in [0.29, 0.717) is 24.6 Å². The van der Waals surface area contributed by atoms with E-state index in [9.17, 15) is 8.42 Å². The number of methoxy groups -OCH3 is 1. The van der Waals surface area contributed by atoms with E-state index in [1.54, 1.807) is 32.2 Å². The van der Waals surface area contributed by atoms with E-state index in [0.717, 1.165) is 11.3 Å². The first-order valence-electron chi connectivity index (χ1n) is 8.53. The van der Waals surface area contributed by atoms with Crippen LogP contribution in [0.1, 0.15) is 36.7 Å². The molecule has 4 rings (SSSR count). The molecule has 9 heteroatoms. The van der Waals surface area contributed by atoms with Crippen LogP contribution in [0.5, 0.6) is 5.75 Å². The summed E-state index contributed by atoms with van der Waals surface area (Å²) < 4.78 is 44.3. The van der Waals surface area contributed by atoms with Gasteiger partial charge < -0.3 is 14.0 Å². The van der Waals surface area contributed by atoms with Crippen molar-refractivity contribution in [2.75, 3.05) is 13.7 Å². The summed E-state index contributed by atoms with van der Waals surface area (Å²) in [6, 6.07) is 4.48. The average molecular weight is 379 g/mol. The van der Waals surface area contributed by atoms with Crippen molar-refractivity contribution in [2.45, 2.75) is 49.8 Å². The Hall–Kier alpha value is -1.97. The van der Waals surface area contributed by atoms with Crippen LogP contribution in [0.3, 0.4) is 0 Å². The lowest BCUT2D eigenvalue weighted by atomic mass is 10.1. The zero-order valence-corrected chi connectivity index (χ0v) is 15.7. The Kier molecular flexibility index (Phi) is 4.25. The highest BCUT2D eigenvalue weighted by atomic mass is 32.2. The van der Waals surface area contributed by atoms with E-state index in [1.807, 2.05) is 6.92 Å². The van der Waals surface area contributed by atoms with Crippen LogP contribution in [0.4, 0.5) is 0 Å². The van der Waals surface area contributed by atoms with Crippen molar-refractivity contribution in [3.8, 4) is 5.75 Å². The molecule has 2 aliphatic rings. The number of sulfonamides is 1. The van der Waals surface area contributed by atoms with Crippen LogP contribution in [0.15, 0.2) is 27.6 Å². The molecule has 1 aromatic carbocycles. The number of ether oxygens (including phenoxy) is 2. The van der Waals surface area contributed by atoms with Crippen molar-refractivity contribution in [1.82, 2.24) is 14.4 Å². The largest absolute Gasteiger partial charge is 0.490 e. The molecule has 2 aromatic rings. The lowest BCUT2D eigenvalue weighted by molar-refractivity contribution is 0.114. The second-order valence-corrected chi connectivity index (χ2v) is 8.66. The van der Waals surface area contributed by atoms with Gasteiger partial charge in [0.05, 0.1) is 11.0 Å². The third kappa shape index (κ3) is 2.89. The van der Waals surface area contributed by atoms with Crippen LogP contribution in [0, 0.1) is 6.92 Å². The molecule has 1 aromatic heterocycles. The molecule has 3 heterocycles. The van der Waals surface area contributed by atoms with Gasteiger partial charge in [0.1, 0.15) is 17.9 Å². The van der Waals surface area contributed by atoms with Crippen LogP contribution in [0.2, 0.25) is 0 Å². The second kappa shape index (κ2) is 6.33. The van der Waals surface area contributed by atoms with Crippen molar-refractivity contribution >= 4 is 10.0 Å². The maximum Gasteiger partial charge on any atom is 0.245 e. The molecule has 1 fully saturated rings. The molecule has 0 saturated carbocycles. The first-order chi connectivity index (χ1) is 12.4. The molecule has 2 aliphatic heterocycles. The molecule has 1 saturated heterocycles. The summed E-state index contributed by atoms with van der Waals surface area (Å²) in [4.78, 5) is 4.47. The Bertz CT molecular complexity index is 926. The van der Waals surface area contributed by atoms with Crippen molar-refractivity contribution in [2.24, 2.45) is 0 Å². The zero-order chi connectivity index (χ0) is 18.5. The standard InChI is InChI=1S/C17H21N3O5S/c1-10-6-12-7-14(4-5-16(12)24-10)26(21,22)20-9-13(23-3)8-15(20)17-18-11(2)19-25-17/h4-5,7,10,13,15H,6,8-9H2,1-3H3/t10-,13+,15-/m1/s1. The molecule has 26 heavy (non-hydrogen) atoms. The Morgan fingerprint density at radius 3 is 2.85 bits per heavy atom. The van der Waals surface area contributed by atoms with E-state index in [2.05, 4.69) is 10.1 Å². The fraction of sp³-hybridized carbons (Fsp3) is 0.529. The molecular weight excluding hydrogens is 358 g/mol.